The highest BCUT2D eigenvalue weighted by Gasteiger charge is 2.66. The Morgan fingerprint density at radius 1 is 1.11 bits per heavy atom. The average molecular weight is 272 g/mol. The molecule has 0 bridgehead atoms. The van der Waals surface area contributed by atoms with Crippen molar-refractivity contribution < 1.29 is 35.9 Å². The van der Waals surface area contributed by atoms with Gasteiger partial charge in [0.15, 0.2) is 6.29 Å². The second-order valence-corrected chi connectivity index (χ2v) is 3.20. The van der Waals surface area contributed by atoms with E-state index in [-0.39, 0.29) is 6.29 Å². The zero-order chi connectivity index (χ0) is 14.0. The van der Waals surface area contributed by atoms with E-state index in [9.17, 15) is 31.1 Å². The summed E-state index contributed by atoms with van der Waals surface area (Å²) in [7, 11) is 0. The molecule has 0 saturated heterocycles. The summed E-state index contributed by atoms with van der Waals surface area (Å²) in [6, 6.07) is 4.19. The van der Waals surface area contributed by atoms with Crippen molar-refractivity contribution in [2.45, 2.75) is 18.5 Å². The first-order chi connectivity index (χ1) is 8.22. The van der Waals surface area contributed by atoms with Crippen molar-refractivity contribution >= 4 is 6.29 Å². The van der Waals surface area contributed by atoms with Gasteiger partial charge in [-0.15, -0.1) is 0 Å². The quantitative estimate of drug-likeness (QED) is 0.606. The Balaban J connectivity index is 3.06. The summed E-state index contributed by atoms with van der Waals surface area (Å²) in [4.78, 5) is 10.4. The van der Waals surface area contributed by atoms with Gasteiger partial charge in [-0.25, -0.2) is 8.78 Å². The van der Waals surface area contributed by atoms with Gasteiger partial charge in [-0.1, -0.05) is 12.1 Å². The van der Waals surface area contributed by atoms with Crippen molar-refractivity contribution in [1.29, 1.82) is 0 Å². The van der Waals surface area contributed by atoms with Crippen LogP contribution < -0.4 is 4.74 Å². The second kappa shape index (κ2) is 4.87. The van der Waals surface area contributed by atoms with Crippen LogP contribution in [0.5, 0.6) is 5.75 Å². The molecule has 0 saturated carbocycles. The van der Waals surface area contributed by atoms with Crippen molar-refractivity contribution in [2.24, 2.45) is 0 Å². The molecule has 0 atom stereocenters. The smallest absolute Gasteiger partial charge is 0.427 e. The molecule has 8 heteroatoms. The van der Waals surface area contributed by atoms with Gasteiger partial charge in [0.2, 0.25) is 0 Å². The summed E-state index contributed by atoms with van der Waals surface area (Å²) >= 11 is 0. The first-order valence-electron chi connectivity index (χ1n) is 4.49. The molecule has 0 spiro atoms. The maximum Gasteiger partial charge on any atom is 0.470 e. The van der Waals surface area contributed by atoms with Crippen molar-refractivity contribution in [3.05, 3.63) is 29.8 Å². The molecule has 0 N–H and O–H groups in total. The van der Waals surface area contributed by atoms with E-state index in [1.807, 2.05) is 0 Å². The third-order valence-corrected chi connectivity index (χ3v) is 1.95. The number of carbonyl (C=O) groups excluding carboxylic acids is 1. The highest BCUT2D eigenvalue weighted by Crippen LogP contribution is 2.40. The highest BCUT2D eigenvalue weighted by atomic mass is 19.3. The summed E-state index contributed by atoms with van der Waals surface area (Å²) in [5.74, 6) is -6.57. The summed E-state index contributed by atoms with van der Waals surface area (Å²) < 4.78 is 78.0. The van der Waals surface area contributed by atoms with Crippen LogP contribution in [-0.2, 0) is 0 Å². The van der Waals surface area contributed by atoms with E-state index in [4.69, 9.17) is 0 Å². The molecule has 0 radical (unpaired) electrons. The van der Waals surface area contributed by atoms with Crippen LogP contribution in [-0.4, -0.2) is 24.7 Å². The molecule has 0 aliphatic rings. The maximum atomic E-state index is 12.9. The van der Waals surface area contributed by atoms with Gasteiger partial charge in [0.05, 0.1) is 5.56 Å². The van der Waals surface area contributed by atoms with Crippen LogP contribution in [0.2, 0.25) is 0 Å². The number of para-hydroxylation sites is 1. The van der Waals surface area contributed by atoms with Gasteiger partial charge in [-0.3, -0.25) is 4.79 Å². The lowest BCUT2D eigenvalue weighted by Gasteiger charge is -2.26. The lowest BCUT2D eigenvalue weighted by molar-refractivity contribution is -0.342. The number of hydrogen-bond acceptors (Lipinski definition) is 2. The van der Waals surface area contributed by atoms with Crippen LogP contribution in [0.15, 0.2) is 24.3 Å². The minimum atomic E-state index is -5.66. The largest absolute Gasteiger partial charge is 0.470 e. The molecule has 1 aromatic rings. The fourth-order valence-corrected chi connectivity index (χ4v) is 1.00. The van der Waals surface area contributed by atoms with E-state index in [1.54, 1.807) is 0 Å². The second-order valence-electron chi connectivity index (χ2n) is 3.20. The van der Waals surface area contributed by atoms with Crippen LogP contribution in [0, 0.1) is 0 Å². The third-order valence-electron chi connectivity index (χ3n) is 1.95. The Hall–Kier alpha value is -1.73. The number of carbonyl (C=O) groups is 1. The van der Waals surface area contributed by atoms with E-state index >= 15 is 0 Å². The molecule has 18 heavy (non-hydrogen) atoms. The van der Waals surface area contributed by atoms with Crippen LogP contribution in [0.4, 0.5) is 26.3 Å². The molecule has 0 unspecified atom stereocenters. The zero-order valence-corrected chi connectivity index (χ0v) is 8.55. The first-order valence-corrected chi connectivity index (χ1v) is 4.49. The van der Waals surface area contributed by atoms with Crippen LogP contribution in [0.1, 0.15) is 10.4 Å². The Morgan fingerprint density at radius 3 is 2.17 bits per heavy atom. The highest BCUT2D eigenvalue weighted by molar-refractivity contribution is 5.79. The maximum absolute atomic E-state index is 12.9. The van der Waals surface area contributed by atoms with Crippen molar-refractivity contribution in [2.75, 3.05) is 0 Å². The molecule has 1 aromatic carbocycles. The molecule has 0 aromatic heterocycles. The number of halogens is 6. The molecular weight excluding hydrogens is 266 g/mol. The van der Waals surface area contributed by atoms with Gasteiger partial charge < -0.3 is 4.74 Å². The summed E-state index contributed by atoms with van der Waals surface area (Å²) in [5, 5.41) is 0. The average Bonchev–Trinajstić information content (AvgIpc) is 2.28. The van der Waals surface area contributed by atoms with Gasteiger partial charge in [-0.2, -0.15) is 17.6 Å². The van der Waals surface area contributed by atoms with Crippen molar-refractivity contribution in [1.82, 2.24) is 0 Å². The van der Waals surface area contributed by atoms with Gasteiger partial charge in [0, 0.05) is 0 Å². The molecule has 0 aliphatic carbocycles. The predicted molar refractivity (Wildman–Crippen MR) is 48.4 cm³/mol. The number of aldehydes is 1. The Morgan fingerprint density at radius 2 is 1.67 bits per heavy atom. The fourth-order valence-electron chi connectivity index (χ4n) is 1.00. The number of benzene rings is 1. The van der Waals surface area contributed by atoms with Gasteiger partial charge in [0.1, 0.15) is 5.75 Å². The fraction of sp³-hybridized carbons (Fsp3) is 0.300. The summed E-state index contributed by atoms with van der Waals surface area (Å²) in [6.45, 7) is 0. The Bertz CT molecular complexity index is 432. The normalized spacial score (nSPS) is 12.6. The molecule has 1 rings (SSSR count). The number of rotatable bonds is 5. The Labute approximate surface area is 97.2 Å². The van der Waals surface area contributed by atoms with E-state index < -0.39 is 29.8 Å². The molecular formula is C10H6F6O2. The number of hydrogen-bond donors (Lipinski definition) is 0. The van der Waals surface area contributed by atoms with Crippen LogP contribution in [0.3, 0.4) is 0 Å². The third kappa shape index (κ3) is 2.57. The molecule has 0 aliphatic heterocycles. The predicted octanol–water partition coefficient (Wildman–Crippen LogP) is 3.37. The van der Waals surface area contributed by atoms with E-state index in [1.165, 1.54) is 6.07 Å². The minimum Gasteiger partial charge on any atom is -0.427 e. The minimum absolute atomic E-state index is 0.0753. The lowest BCUT2D eigenvalue weighted by Crippen LogP contribution is -2.50. The van der Waals surface area contributed by atoms with Gasteiger partial charge >= 0.3 is 18.5 Å². The molecule has 2 nitrogen and oxygen atoms in total. The van der Waals surface area contributed by atoms with Gasteiger partial charge in [-0.05, 0) is 12.1 Å². The first kappa shape index (κ1) is 14.3. The lowest BCUT2D eigenvalue weighted by atomic mass is 10.2. The van der Waals surface area contributed by atoms with Crippen molar-refractivity contribution in [3.8, 4) is 5.75 Å². The molecule has 100 valence electrons. The van der Waals surface area contributed by atoms with Crippen LogP contribution in [0.25, 0.3) is 0 Å². The SMILES string of the molecule is O=Cc1ccccc1OC(F)(F)C(F)(F)C(F)F. The van der Waals surface area contributed by atoms with E-state index in [0.717, 1.165) is 18.2 Å². The topological polar surface area (TPSA) is 26.3 Å². The van der Waals surface area contributed by atoms with Crippen molar-refractivity contribution in [3.63, 3.8) is 0 Å². The zero-order valence-electron chi connectivity index (χ0n) is 8.55. The molecule has 0 fully saturated rings. The summed E-state index contributed by atoms with van der Waals surface area (Å²) in [6.07, 6.45) is -9.96. The standard InChI is InChI=1S/C10H6F6O2/c11-8(12)9(13,14)10(15,16)18-7-4-2-1-3-6(7)5-17/h1-5,8H. The number of ether oxygens (including phenoxy) is 1. The van der Waals surface area contributed by atoms with E-state index in [0.29, 0.717) is 0 Å². The summed E-state index contributed by atoms with van der Waals surface area (Å²) in [5.41, 5.74) is -0.456. The monoisotopic (exact) mass is 272 g/mol. The van der Waals surface area contributed by atoms with Gasteiger partial charge in [0.25, 0.3) is 0 Å². The molecule has 0 amide bonds. The van der Waals surface area contributed by atoms with E-state index in [2.05, 4.69) is 4.74 Å². The van der Waals surface area contributed by atoms with Crippen LogP contribution >= 0.6 is 0 Å². The Kier molecular flexibility index (Phi) is 3.88. The number of alkyl halides is 6. The molecule has 0 heterocycles.